The number of hydrogen-bond acceptors (Lipinski definition) is 1. The van der Waals surface area contributed by atoms with Gasteiger partial charge < -0.3 is 4.57 Å². The van der Waals surface area contributed by atoms with E-state index in [1.807, 2.05) is 0 Å². The van der Waals surface area contributed by atoms with Gasteiger partial charge in [-0.25, -0.2) is 0 Å². The third kappa shape index (κ3) is 6.03. The smallest absolute Gasteiger partial charge is 0.230 e. The van der Waals surface area contributed by atoms with Gasteiger partial charge in [0.2, 0.25) is 8.24 Å². The Labute approximate surface area is 222 Å². The lowest BCUT2D eigenvalue weighted by Crippen LogP contribution is -2.74. The van der Waals surface area contributed by atoms with Gasteiger partial charge in [0.15, 0.2) is 0 Å². The quantitative estimate of drug-likeness (QED) is 0.226. The van der Waals surface area contributed by atoms with Crippen LogP contribution in [0.1, 0.15) is 80.1 Å². The third-order valence-corrected chi connectivity index (χ3v) is 13.1. The first kappa shape index (κ1) is 28.0. The van der Waals surface area contributed by atoms with Crippen molar-refractivity contribution in [3.63, 3.8) is 0 Å². The lowest BCUT2D eigenvalue weighted by molar-refractivity contribution is 0.486. The van der Waals surface area contributed by atoms with Gasteiger partial charge in [0.1, 0.15) is 0 Å². The number of para-hydroxylation sites is 1. The fraction of sp³-hybridized carbons (Fsp3) is 0.412. The molecular formula is C34H47NSi. The van der Waals surface area contributed by atoms with Crippen LogP contribution in [0.15, 0.2) is 103 Å². The molecule has 0 atom stereocenters. The first-order valence-corrected chi connectivity index (χ1v) is 16.0. The molecule has 3 aromatic carbocycles. The van der Waals surface area contributed by atoms with Gasteiger partial charge in [-0.2, -0.15) is 0 Å². The zero-order valence-electron chi connectivity index (χ0n) is 23.5. The lowest BCUT2D eigenvalue weighted by Gasteiger charge is -2.51. The molecule has 0 heterocycles. The molecule has 0 saturated heterocycles. The Hall–Kier alpha value is -2.58. The highest BCUT2D eigenvalue weighted by Crippen LogP contribution is 2.42. The summed E-state index contributed by atoms with van der Waals surface area (Å²) in [4.78, 5) is 0. The zero-order valence-corrected chi connectivity index (χ0v) is 24.5. The monoisotopic (exact) mass is 497 g/mol. The van der Waals surface area contributed by atoms with E-state index in [1.165, 1.54) is 48.2 Å². The molecule has 0 bridgehead atoms. The molecule has 3 rings (SSSR count). The Morgan fingerprint density at radius 2 is 1.14 bits per heavy atom. The van der Waals surface area contributed by atoms with Gasteiger partial charge in [-0.05, 0) is 58.9 Å². The van der Waals surface area contributed by atoms with Gasteiger partial charge in [0, 0.05) is 5.69 Å². The molecule has 0 aliphatic heterocycles. The van der Waals surface area contributed by atoms with Crippen LogP contribution in [-0.4, -0.2) is 8.24 Å². The maximum atomic E-state index is 2.76. The van der Waals surface area contributed by atoms with Crippen LogP contribution in [0.3, 0.4) is 0 Å². The van der Waals surface area contributed by atoms with E-state index in [4.69, 9.17) is 0 Å². The number of anilines is 1. The summed E-state index contributed by atoms with van der Waals surface area (Å²) in [6.07, 6.45) is 9.95. The highest BCUT2D eigenvalue weighted by atomic mass is 28.3. The van der Waals surface area contributed by atoms with Gasteiger partial charge in [-0.1, -0.05) is 145 Å². The van der Waals surface area contributed by atoms with Crippen molar-refractivity contribution < 1.29 is 0 Å². The van der Waals surface area contributed by atoms with Crippen molar-refractivity contribution in [2.45, 2.75) is 85.1 Å². The largest absolute Gasteiger partial charge is 0.366 e. The summed E-state index contributed by atoms with van der Waals surface area (Å²) in [5, 5.41) is 2.95. The van der Waals surface area contributed by atoms with Crippen molar-refractivity contribution in [1.82, 2.24) is 0 Å². The van der Waals surface area contributed by atoms with E-state index < -0.39 is 8.24 Å². The Kier molecular flexibility index (Phi) is 10.2. The van der Waals surface area contributed by atoms with E-state index in [-0.39, 0.29) is 5.04 Å². The number of benzene rings is 3. The van der Waals surface area contributed by atoms with Crippen molar-refractivity contribution in [2.24, 2.45) is 5.92 Å². The van der Waals surface area contributed by atoms with Crippen LogP contribution >= 0.6 is 0 Å². The molecule has 0 amide bonds. The van der Waals surface area contributed by atoms with Crippen LogP contribution in [-0.2, 0) is 0 Å². The number of hydrogen-bond donors (Lipinski definition) is 0. The Balaban J connectivity index is 2.43. The van der Waals surface area contributed by atoms with Gasteiger partial charge in [-0.15, -0.1) is 0 Å². The molecule has 192 valence electrons. The van der Waals surface area contributed by atoms with Crippen molar-refractivity contribution in [1.29, 1.82) is 0 Å². The second kappa shape index (κ2) is 13.1. The SMILES string of the molecule is CCC/C(=C\N(c1ccccc1)[Si](c1ccccc1)(c1ccccc1)C(C)(C)C)C(CCC)CCC. The second-order valence-electron chi connectivity index (χ2n) is 11.1. The Bertz CT molecular complexity index is 1010. The van der Waals surface area contributed by atoms with Crippen molar-refractivity contribution in [3.05, 3.63) is 103 Å². The van der Waals surface area contributed by atoms with E-state index >= 15 is 0 Å². The van der Waals surface area contributed by atoms with E-state index in [2.05, 4.69) is 143 Å². The minimum atomic E-state index is -2.55. The molecule has 0 unspecified atom stereocenters. The molecule has 0 aromatic heterocycles. The minimum Gasteiger partial charge on any atom is -0.366 e. The van der Waals surface area contributed by atoms with Gasteiger partial charge in [0.05, 0.1) is 0 Å². The minimum absolute atomic E-state index is 0.0321. The molecule has 0 N–H and O–H groups in total. The van der Waals surface area contributed by atoms with Gasteiger partial charge in [-0.3, -0.25) is 0 Å². The first-order chi connectivity index (χ1) is 17.4. The average molecular weight is 498 g/mol. The predicted octanol–water partition coefficient (Wildman–Crippen LogP) is 8.95. The van der Waals surface area contributed by atoms with Crippen LogP contribution in [0, 0.1) is 5.92 Å². The van der Waals surface area contributed by atoms with Crippen LogP contribution in [0.5, 0.6) is 0 Å². The Morgan fingerprint density at radius 3 is 1.53 bits per heavy atom. The predicted molar refractivity (Wildman–Crippen MR) is 163 cm³/mol. The van der Waals surface area contributed by atoms with Crippen LogP contribution in [0.2, 0.25) is 5.04 Å². The molecule has 0 aliphatic rings. The van der Waals surface area contributed by atoms with E-state index in [1.54, 1.807) is 5.57 Å². The molecule has 0 fully saturated rings. The molecule has 0 radical (unpaired) electrons. The topological polar surface area (TPSA) is 3.24 Å². The third-order valence-electron chi connectivity index (χ3n) is 7.50. The summed E-state index contributed by atoms with van der Waals surface area (Å²) in [6, 6.07) is 33.9. The standard InChI is InChI=1S/C34H47NSi/c1-7-19-29(20-8-2)30(21-9-3)28-35(31-22-13-10-14-23-31)36(34(4,5)6,32-24-15-11-16-25-32)33-26-17-12-18-27-33/h10-18,22-29H,7-9,19-21H2,1-6H3/b30-28+. The van der Waals surface area contributed by atoms with Crippen molar-refractivity contribution in [3.8, 4) is 0 Å². The molecule has 0 aliphatic carbocycles. The summed E-state index contributed by atoms with van der Waals surface area (Å²) in [6.45, 7) is 14.4. The van der Waals surface area contributed by atoms with Gasteiger partial charge in [0.25, 0.3) is 0 Å². The van der Waals surface area contributed by atoms with Crippen molar-refractivity contribution >= 4 is 24.3 Å². The summed E-state index contributed by atoms with van der Waals surface area (Å²) in [5.41, 5.74) is 2.92. The second-order valence-corrected chi connectivity index (χ2v) is 15.7. The molecule has 2 heteroatoms. The van der Waals surface area contributed by atoms with Crippen molar-refractivity contribution in [2.75, 3.05) is 4.57 Å². The Morgan fingerprint density at radius 1 is 0.694 bits per heavy atom. The molecule has 3 aromatic rings. The lowest BCUT2D eigenvalue weighted by atomic mass is 9.88. The zero-order chi connectivity index (χ0) is 26.0. The molecule has 1 nitrogen and oxygen atoms in total. The van der Waals surface area contributed by atoms with Crippen LogP contribution in [0.25, 0.3) is 0 Å². The summed E-state index contributed by atoms with van der Waals surface area (Å²) < 4.78 is 2.76. The fourth-order valence-corrected chi connectivity index (χ4v) is 11.6. The average Bonchev–Trinajstić information content (AvgIpc) is 2.89. The highest BCUT2D eigenvalue weighted by Gasteiger charge is 2.53. The summed E-state index contributed by atoms with van der Waals surface area (Å²) >= 11 is 0. The number of allylic oxidation sites excluding steroid dienone is 1. The summed E-state index contributed by atoms with van der Waals surface area (Å²) in [5.74, 6) is 0.643. The van der Waals surface area contributed by atoms with E-state index in [0.717, 1.165) is 6.42 Å². The maximum Gasteiger partial charge on any atom is 0.230 e. The molecule has 0 saturated carbocycles. The number of nitrogens with zero attached hydrogens (tertiary/aromatic N) is 1. The molecular weight excluding hydrogens is 450 g/mol. The van der Waals surface area contributed by atoms with Crippen LogP contribution in [0.4, 0.5) is 5.69 Å². The highest BCUT2D eigenvalue weighted by molar-refractivity contribution is 7.07. The molecule has 0 spiro atoms. The summed E-state index contributed by atoms with van der Waals surface area (Å²) in [7, 11) is -2.55. The fourth-order valence-electron chi connectivity index (χ4n) is 6.03. The maximum absolute atomic E-state index is 2.76. The van der Waals surface area contributed by atoms with Crippen LogP contribution < -0.4 is 14.9 Å². The first-order valence-electron chi connectivity index (χ1n) is 14.1. The normalized spacial score (nSPS) is 12.7. The number of rotatable bonds is 12. The van der Waals surface area contributed by atoms with Gasteiger partial charge >= 0.3 is 0 Å². The molecule has 36 heavy (non-hydrogen) atoms. The van der Waals surface area contributed by atoms with E-state index in [0.29, 0.717) is 5.92 Å². The van der Waals surface area contributed by atoms with E-state index in [9.17, 15) is 0 Å².